The molecule has 3 fully saturated rings. The first kappa shape index (κ1) is 11.3. The number of fused-ring (bicyclic) bond motifs is 1. The maximum atomic E-state index is 12.3. The maximum Gasteiger partial charge on any atom is 0.320 e. The molecule has 96 valence electrons. The summed E-state index contributed by atoms with van der Waals surface area (Å²) in [5.74, 6) is 1.24. The van der Waals surface area contributed by atoms with Crippen molar-refractivity contribution in [3.8, 4) is 0 Å². The minimum atomic E-state index is 0.268. The Hall–Kier alpha value is -0.770. The van der Waals surface area contributed by atoms with E-state index in [1.54, 1.807) is 0 Å². The summed E-state index contributed by atoms with van der Waals surface area (Å²) in [6, 6.07) is 0.592. The summed E-state index contributed by atoms with van der Waals surface area (Å²) in [5, 5.41) is 0. The topological polar surface area (TPSA) is 49.6 Å². The predicted molar refractivity (Wildman–Crippen MR) is 66.6 cm³/mol. The lowest BCUT2D eigenvalue weighted by Crippen LogP contribution is -2.41. The number of nitrogens with zero attached hydrogens (tertiary/aromatic N) is 2. The Balaban J connectivity index is 1.64. The Morgan fingerprint density at radius 3 is 2.47 bits per heavy atom. The van der Waals surface area contributed by atoms with E-state index in [9.17, 15) is 4.79 Å². The third-order valence-corrected chi connectivity index (χ3v) is 4.80. The van der Waals surface area contributed by atoms with Gasteiger partial charge in [-0.1, -0.05) is 6.42 Å². The molecule has 3 aliphatic rings. The standard InChI is InChI=1S/C13H23N3O/c14-12-5-3-4-10-8-16(9-11(10)12)13(17)15-6-1-2-7-15/h10-12H,1-9,14H2. The number of rotatable bonds is 0. The predicted octanol–water partition coefficient (Wildman–Crippen LogP) is 1.26. The van der Waals surface area contributed by atoms with Crippen LogP contribution in [0.5, 0.6) is 0 Å². The molecule has 4 nitrogen and oxygen atoms in total. The molecule has 0 bridgehead atoms. The fraction of sp³-hybridized carbons (Fsp3) is 0.923. The molecule has 0 aromatic carbocycles. The highest BCUT2D eigenvalue weighted by molar-refractivity contribution is 5.75. The molecule has 2 saturated heterocycles. The second-order valence-corrected chi connectivity index (χ2v) is 5.90. The van der Waals surface area contributed by atoms with E-state index in [1.165, 1.54) is 25.7 Å². The van der Waals surface area contributed by atoms with Gasteiger partial charge in [0, 0.05) is 32.2 Å². The van der Waals surface area contributed by atoms with Gasteiger partial charge in [0.05, 0.1) is 0 Å². The third kappa shape index (κ3) is 2.03. The van der Waals surface area contributed by atoms with Crippen molar-refractivity contribution in [1.82, 2.24) is 9.80 Å². The Kier molecular flexibility index (Phi) is 2.99. The molecule has 0 aromatic heterocycles. The van der Waals surface area contributed by atoms with Gasteiger partial charge in [-0.3, -0.25) is 0 Å². The van der Waals surface area contributed by atoms with Crippen LogP contribution in [-0.2, 0) is 0 Å². The molecule has 2 amide bonds. The van der Waals surface area contributed by atoms with E-state index in [0.29, 0.717) is 17.9 Å². The van der Waals surface area contributed by atoms with E-state index < -0.39 is 0 Å². The molecular weight excluding hydrogens is 214 g/mol. The number of hydrogen-bond acceptors (Lipinski definition) is 2. The highest BCUT2D eigenvalue weighted by Gasteiger charge is 2.41. The molecule has 2 aliphatic heterocycles. The second kappa shape index (κ2) is 4.48. The van der Waals surface area contributed by atoms with Gasteiger partial charge in [-0.15, -0.1) is 0 Å². The number of urea groups is 1. The third-order valence-electron chi connectivity index (χ3n) is 4.80. The summed E-state index contributed by atoms with van der Waals surface area (Å²) in [6.07, 6.45) is 6.00. The first-order chi connectivity index (χ1) is 8.25. The first-order valence-electron chi connectivity index (χ1n) is 7.05. The Morgan fingerprint density at radius 2 is 1.76 bits per heavy atom. The van der Waals surface area contributed by atoms with Gasteiger partial charge in [-0.05, 0) is 37.5 Å². The van der Waals surface area contributed by atoms with E-state index in [0.717, 1.165) is 32.6 Å². The van der Waals surface area contributed by atoms with E-state index in [1.807, 2.05) is 4.90 Å². The number of nitrogens with two attached hydrogens (primary N) is 1. The number of carbonyl (C=O) groups is 1. The summed E-state index contributed by atoms with van der Waals surface area (Å²) in [4.78, 5) is 16.4. The number of hydrogen-bond donors (Lipinski definition) is 1. The maximum absolute atomic E-state index is 12.3. The summed E-state index contributed by atoms with van der Waals surface area (Å²) < 4.78 is 0. The van der Waals surface area contributed by atoms with Crippen molar-refractivity contribution < 1.29 is 4.79 Å². The fourth-order valence-electron chi connectivity index (χ4n) is 3.78. The highest BCUT2D eigenvalue weighted by Crippen LogP contribution is 2.36. The van der Waals surface area contributed by atoms with Gasteiger partial charge in [0.2, 0.25) is 0 Å². The summed E-state index contributed by atoms with van der Waals surface area (Å²) >= 11 is 0. The normalized spacial score (nSPS) is 37.4. The zero-order valence-corrected chi connectivity index (χ0v) is 10.5. The number of likely N-dealkylation sites (tertiary alicyclic amines) is 2. The van der Waals surface area contributed by atoms with Gasteiger partial charge in [-0.2, -0.15) is 0 Å². The van der Waals surface area contributed by atoms with Crippen LogP contribution in [0.2, 0.25) is 0 Å². The summed E-state index contributed by atoms with van der Waals surface area (Å²) in [5.41, 5.74) is 6.18. The van der Waals surface area contributed by atoms with E-state index in [2.05, 4.69) is 4.90 Å². The van der Waals surface area contributed by atoms with Crippen LogP contribution in [0.3, 0.4) is 0 Å². The quantitative estimate of drug-likeness (QED) is 0.689. The fourth-order valence-corrected chi connectivity index (χ4v) is 3.78. The molecule has 0 aromatic rings. The number of amides is 2. The first-order valence-corrected chi connectivity index (χ1v) is 7.05. The SMILES string of the molecule is NC1CCCC2CN(C(=O)N3CCCC3)CC12. The smallest absolute Gasteiger partial charge is 0.320 e. The van der Waals surface area contributed by atoms with Gasteiger partial charge < -0.3 is 15.5 Å². The average molecular weight is 237 g/mol. The molecule has 4 heteroatoms. The minimum absolute atomic E-state index is 0.268. The number of carbonyl (C=O) groups excluding carboxylic acids is 1. The van der Waals surface area contributed by atoms with Crippen LogP contribution in [0.1, 0.15) is 32.1 Å². The van der Waals surface area contributed by atoms with Gasteiger partial charge in [0.1, 0.15) is 0 Å². The molecule has 1 aliphatic carbocycles. The lowest BCUT2D eigenvalue weighted by molar-refractivity contribution is 0.170. The second-order valence-electron chi connectivity index (χ2n) is 5.90. The van der Waals surface area contributed by atoms with Crippen LogP contribution in [0.4, 0.5) is 4.79 Å². The largest absolute Gasteiger partial charge is 0.327 e. The molecule has 3 atom stereocenters. The Morgan fingerprint density at radius 1 is 1.00 bits per heavy atom. The van der Waals surface area contributed by atoms with E-state index in [-0.39, 0.29) is 6.03 Å². The van der Waals surface area contributed by atoms with Crippen LogP contribution in [0.25, 0.3) is 0 Å². The van der Waals surface area contributed by atoms with Crippen molar-refractivity contribution in [2.75, 3.05) is 26.2 Å². The molecule has 3 rings (SSSR count). The van der Waals surface area contributed by atoms with Crippen LogP contribution < -0.4 is 5.73 Å². The van der Waals surface area contributed by atoms with Crippen LogP contribution in [-0.4, -0.2) is 48.1 Å². The van der Waals surface area contributed by atoms with E-state index >= 15 is 0 Å². The summed E-state index contributed by atoms with van der Waals surface area (Å²) in [7, 11) is 0. The van der Waals surface area contributed by atoms with Crippen molar-refractivity contribution in [1.29, 1.82) is 0 Å². The van der Waals surface area contributed by atoms with Crippen molar-refractivity contribution in [2.24, 2.45) is 17.6 Å². The zero-order chi connectivity index (χ0) is 11.8. The minimum Gasteiger partial charge on any atom is -0.327 e. The van der Waals surface area contributed by atoms with Gasteiger partial charge in [0.15, 0.2) is 0 Å². The van der Waals surface area contributed by atoms with Gasteiger partial charge in [0.25, 0.3) is 0 Å². The van der Waals surface area contributed by atoms with Crippen molar-refractivity contribution in [3.05, 3.63) is 0 Å². The zero-order valence-electron chi connectivity index (χ0n) is 10.5. The monoisotopic (exact) mass is 237 g/mol. The molecule has 0 radical (unpaired) electrons. The molecule has 1 saturated carbocycles. The molecule has 3 unspecified atom stereocenters. The molecular formula is C13H23N3O. The molecule has 2 N–H and O–H groups in total. The van der Waals surface area contributed by atoms with Crippen LogP contribution in [0.15, 0.2) is 0 Å². The van der Waals surface area contributed by atoms with Gasteiger partial charge in [-0.25, -0.2) is 4.79 Å². The molecule has 2 heterocycles. The lowest BCUT2D eigenvalue weighted by Gasteiger charge is -2.29. The Bertz CT molecular complexity index is 301. The van der Waals surface area contributed by atoms with Crippen LogP contribution in [0, 0.1) is 11.8 Å². The highest BCUT2D eigenvalue weighted by atomic mass is 16.2. The summed E-state index contributed by atoms with van der Waals surface area (Å²) in [6.45, 7) is 3.77. The van der Waals surface area contributed by atoms with E-state index in [4.69, 9.17) is 5.73 Å². The van der Waals surface area contributed by atoms with Crippen molar-refractivity contribution >= 4 is 6.03 Å². The van der Waals surface area contributed by atoms with Gasteiger partial charge >= 0.3 is 6.03 Å². The Labute approximate surface area is 103 Å². The average Bonchev–Trinajstić information content (AvgIpc) is 2.98. The molecule has 0 spiro atoms. The lowest BCUT2D eigenvalue weighted by atomic mass is 9.78. The van der Waals surface area contributed by atoms with Crippen molar-refractivity contribution in [3.63, 3.8) is 0 Å². The van der Waals surface area contributed by atoms with Crippen molar-refractivity contribution in [2.45, 2.75) is 38.1 Å². The van der Waals surface area contributed by atoms with Crippen LogP contribution >= 0.6 is 0 Å². The molecule has 17 heavy (non-hydrogen) atoms.